The summed E-state index contributed by atoms with van der Waals surface area (Å²) in [5, 5.41) is 0.807. The van der Waals surface area contributed by atoms with Gasteiger partial charge in [0.15, 0.2) is 11.5 Å². The molecule has 1 amide bonds. The lowest BCUT2D eigenvalue weighted by atomic mass is 9.86. The van der Waals surface area contributed by atoms with Gasteiger partial charge < -0.3 is 27.9 Å². The SMILES string of the molecule is CCOC(=O)c1nc(-c2oc3cccc(OCCCN(Cc4cccnc4)C(=O)OC(C)(C)C)c3c2C)oc1CC1CCCCC1. The van der Waals surface area contributed by atoms with E-state index in [1.54, 1.807) is 24.2 Å². The Bertz CT molecular complexity index is 1610. The lowest BCUT2D eigenvalue weighted by Gasteiger charge is -2.27. The van der Waals surface area contributed by atoms with Gasteiger partial charge in [0.1, 0.15) is 22.7 Å². The lowest BCUT2D eigenvalue weighted by molar-refractivity contribution is 0.0225. The molecule has 0 unspecified atom stereocenters. The fourth-order valence-electron chi connectivity index (χ4n) is 5.90. The number of rotatable bonds is 12. The number of fused-ring (bicyclic) bond motifs is 1. The van der Waals surface area contributed by atoms with Crippen molar-refractivity contribution in [2.45, 2.75) is 91.7 Å². The van der Waals surface area contributed by atoms with Crippen molar-refractivity contribution in [1.82, 2.24) is 14.9 Å². The first-order valence-corrected chi connectivity index (χ1v) is 16.3. The van der Waals surface area contributed by atoms with Gasteiger partial charge >= 0.3 is 12.1 Å². The minimum absolute atomic E-state index is 0.222. The number of aryl methyl sites for hydroxylation is 1. The molecule has 1 fully saturated rings. The van der Waals surface area contributed by atoms with Crippen LogP contribution in [0.3, 0.4) is 0 Å². The van der Waals surface area contributed by atoms with Crippen molar-refractivity contribution in [3.05, 3.63) is 65.3 Å². The molecule has 1 saturated carbocycles. The second-order valence-electron chi connectivity index (χ2n) is 12.9. The number of hydrogen-bond donors (Lipinski definition) is 0. The molecule has 0 aliphatic heterocycles. The van der Waals surface area contributed by atoms with Crippen LogP contribution in [0.4, 0.5) is 4.79 Å². The van der Waals surface area contributed by atoms with Crippen molar-refractivity contribution in [3.8, 4) is 17.4 Å². The first-order valence-electron chi connectivity index (χ1n) is 16.3. The highest BCUT2D eigenvalue weighted by Crippen LogP contribution is 2.39. The number of carbonyl (C=O) groups excluding carboxylic acids is 2. The quantitative estimate of drug-likeness (QED) is 0.112. The third-order valence-corrected chi connectivity index (χ3v) is 8.05. The molecule has 4 aromatic rings. The number of nitrogens with zero attached hydrogens (tertiary/aromatic N) is 3. The third kappa shape index (κ3) is 8.27. The van der Waals surface area contributed by atoms with Crippen LogP contribution in [0.15, 0.2) is 51.6 Å². The number of hydrogen-bond acceptors (Lipinski definition) is 9. The summed E-state index contributed by atoms with van der Waals surface area (Å²) in [5.41, 5.74) is 1.96. The van der Waals surface area contributed by atoms with Crippen LogP contribution in [-0.4, -0.2) is 52.3 Å². The average Bonchev–Trinajstić information content (AvgIpc) is 3.60. The normalized spacial score (nSPS) is 13.9. The summed E-state index contributed by atoms with van der Waals surface area (Å²) < 4.78 is 29.7. The Hall–Kier alpha value is -4.34. The van der Waals surface area contributed by atoms with Gasteiger partial charge in [-0.25, -0.2) is 9.59 Å². The van der Waals surface area contributed by atoms with Gasteiger partial charge in [0.2, 0.25) is 0 Å². The van der Waals surface area contributed by atoms with E-state index >= 15 is 0 Å². The van der Waals surface area contributed by atoms with Gasteiger partial charge in [-0.3, -0.25) is 4.98 Å². The first kappa shape index (κ1) is 33.0. The Morgan fingerprint density at radius 2 is 1.87 bits per heavy atom. The molecule has 0 N–H and O–H groups in total. The van der Waals surface area contributed by atoms with Crippen molar-refractivity contribution >= 4 is 23.0 Å². The van der Waals surface area contributed by atoms with Gasteiger partial charge in [0.25, 0.3) is 5.89 Å². The zero-order valence-electron chi connectivity index (χ0n) is 27.6. The number of amides is 1. The summed E-state index contributed by atoms with van der Waals surface area (Å²) in [4.78, 5) is 36.3. The molecule has 0 radical (unpaired) electrons. The Balaban J connectivity index is 1.32. The molecular formula is C36H45N3O7. The van der Waals surface area contributed by atoms with Gasteiger partial charge in [0.05, 0.1) is 25.1 Å². The number of furan rings is 1. The van der Waals surface area contributed by atoms with Gasteiger partial charge in [-0.05, 0) is 70.7 Å². The summed E-state index contributed by atoms with van der Waals surface area (Å²) in [6.07, 6.45) is 10.1. The molecule has 10 nitrogen and oxygen atoms in total. The van der Waals surface area contributed by atoms with Gasteiger partial charge in [0, 0.05) is 30.9 Å². The molecule has 0 bridgehead atoms. The smallest absolute Gasteiger partial charge is 0.410 e. The summed E-state index contributed by atoms with van der Waals surface area (Å²) in [5.74, 6) is 1.90. The van der Waals surface area contributed by atoms with Crippen molar-refractivity contribution in [1.29, 1.82) is 0 Å². The fourth-order valence-corrected chi connectivity index (χ4v) is 5.90. The molecule has 1 aliphatic rings. The highest BCUT2D eigenvalue weighted by molar-refractivity contribution is 5.93. The number of esters is 1. The molecule has 0 atom stereocenters. The second kappa shape index (κ2) is 14.8. The summed E-state index contributed by atoms with van der Waals surface area (Å²) in [6.45, 7) is 10.7. The van der Waals surface area contributed by atoms with E-state index in [-0.39, 0.29) is 24.3 Å². The fraction of sp³-hybridized carbons (Fsp3) is 0.500. The van der Waals surface area contributed by atoms with Crippen LogP contribution in [0.5, 0.6) is 5.75 Å². The number of oxazole rings is 1. The van der Waals surface area contributed by atoms with Crippen LogP contribution in [0, 0.1) is 12.8 Å². The average molecular weight is 632 g/mol. The topological polar surface area (TPSA) is 117 Å². The van der Waals surface area contributed by atoms with Gasteiger partial charge in [-0.1, -0.05) is 44.2 Å². The minimum atomic E-state index is -0.608. The third-order valence-electron chi connectivity index (χ3n) is 8.05. The number of pyridine rings is 1. The van der Waals surface area contributed by atoms with Crippen LogP contribution in [-0.2, 0) is 22.4 Å². The zero-order valence-corrected chi connectivity index (χ0v) is 27.6. The van der Waals surface area contributed by atoms with E-state index in [9.17, 15) is 9.59 Å². The van der Waals surface area contributed by atoms with E-state index in [2.05, 4.69) is 9.97 Å². The molecule has 46 heavy (non-hydrogen) atoms. The van der Waals surface area contributed by atoms with Crippen molar-refractivity contribution in [2.24, 2.45) is 5.92 Å². The molecule has 3 heterocycles. The van der Waals surface area contributed by atoms with E-state index < -0.39 is 11.6 Å². The largest absolute Gasteiger partial charge is 0.493 e. The van der Waals surface area contributed by atoms with E-state index in [1.807, 2.05) is 58.0 Å². The molecule has 1 aromatic carbocycles. The number of carbonyl (C=O) groups is 2. The summed E-state index contributed by atoms with van der Waals surface area (Å²) in [7, 11) is 0. The Morgan fingerprint density at radius 3 is 2.59 bits per heavy atom. The number of ether oxygens (including phenoxy) is 3. The maximum atomic E-state index is 13.0. The number of aromatic nitrogens is 2. The molecular weight excluding hydrogens is 586 g/mol. The Morgan fingerprint density at radius 1 is 1.07 bits per heavy atom. The zero-order chi connectivity index (χ0) is 32.7. The van der Waals surface area contributed by atoms with Crippen LogP contribution < -0.4 is 4.74 Å². The Labute approximate surface area is 270 Å². The molecule has 0 saturated heterocycles. The van der Waals surface area contributed by atoms with E-state index in [0.29, 0.717) is 61.3 Å². The monoisotopic (exact) mass is 631 g/mol. The molecule has 1 aliphatic carbocycles. The maximum absolute atomic E-state index is 13.0. The predicted molar refractivity (Wildman–Crippen MR) is 174 cm³/mol. The van der Waals surface area contributed by atoms with Crippen LogP contribution >= 0.6 is 0 Å². The van der Waals surface area contributed by atoms with E-state index in [1.165, 1.54) is 19.3 Å². The van der Waals surface area contributed by atoms with Crippen molar-refractivity contribution < 1.29 is 32.6 Å². The molecule has 5 rings (SSSR count). The molecule has 10 heteroatoms. The van der Waals surface area contributed by atoms with Crippen LogP contribution in [0.2, 0.25) is 0 Å². The summed E-state index contributed by atoms with van der Waals surface area (Å²) in [6, 6.07) is 9.41. The second-order valence-corrected chi connectivity index (χ2v) is 12.9. The van der Waals surface area contributed by atoms with E-state index in [0.717, 1.165) is 29.4 Å². The van der Waals surface area contributed by atoms with Crippen molar-refractivity contribution in [2.75, 3.05) is 19.8 Å². The van der Waals surface area contributed by atoms with Crippen LogP contribution in [0.25, 0.3) is 22.6 Å². The van der Waals surface area contributed by atoms with Gasteiger partial charge in [-0.15, -0.1) is 0 Å². The predicted octanol–water partition coefficient (Wildman–Crippen LogP) is 8.30. The van der Waals surface area contributed by atoms with Crippen molar-refractivity contribution in [3.63, 3.8) is 0 Å². The minimum Gasteiger partial charge on any atom is -0.493 e. The lowest BCUT2D eigenvalue weighted by Crippen LogP contribution is -2.37. The first-order chi connectivity index (χ1) is 22.1. The molecule has 246 valence electrons. The molecule has 3 aromatic heterocycles. The Kier molecular flexibility index (Phi) is 10.7. The van der Waals surface area contributed by atoms with E-state index in [4.69, 9.17) is 23.0 Å². The number of benzene rings is 1. The van der Waals surface area contributed by atoms with Gasteiger partial charge in [-0.2, -0.15) is 4.98 Å². The highest BCUT2D eigenvalue weighted by atomic mass is 16.6. The van der Waals surface area contributed by atoms with Crippen LogP contribution in [0.1, 0.15) is 93.6 Å². The molecule has 0 spiro atoms. The maximum Gasteiger partial charge on any atom is 0.410 e. The summed E-state index contributed by atoms with van der Waals surface area (Å²) >= 11 is 0. The highest BCUT2D eigenvalue weighted by Gasteiger charge is 2.28. The standard InChI is InChI=1S/C36H45N3O7/c1-6-42-34(40)31-29(21-25-13-8-7-9-14-25)45-33(38-31)32-24(2)30-27(16-10-17-28(30)44-32)43-20-12-19-39(35(41)46-36(3,4)5)23-26-15-11-18-37-22-26/h10-11,15-18,22,25H,6-9,12-14,19-21,23H2,1-5H3.